The van der Waals surface area contributed by atoms with E-state index in [4.69, 9.17) is 9.15 Å². The van der Waals surface area contributed by atoms with Crippen LogP contribution in [0, 0.1) is 0 Å². The van der Waals surface area contributed by atoms with Crippen molar-refractivity contribution in [3.63, 3.8) is 0 Å². The van der Waals surface area contributed by atoms with Gasteiger partial charge in [-0.05, 0) is 42.3 Å². The lowest BCUT2D eigenvalue weighted by Gasteiger charge is -2.25. The van der Waals surface area contributed by atoms with Crippen LogP contribution in [-0.2, 0) is 17.8 Å². The Morgan fingerprint density at radius 1 is 1.00 bits per heavy atom. The summed E-state index contributed by atoms with van der Waals surface area (Å²) in [5, 5.41) is 2.82. The molecule has 0 radical (unpaired) electrons. The van der Waals surface area contributed by atoms with Crippen molar-refractivity contribution in [1.82, 2.24) is 10.2 Å². The maximum Gasteiger partial charge on any atom is 0.287 e. The van der Waals surface area contributed by atoms with Crippen LogP contribution in [0.1, 0.15) is 28.6 Å². The second kappa shape index (κ2) is 10.3. The molecular formula is C24H26N2O4. The third-order valence-electron chi connectivity index (χ3n) is 4.66. The number of likely N-dealkylation sites (N-methyl/N-ethyl adjacent to an activating group) is 1. The lowest BCUT2D eigenvalue weighted by atomic mass is 10.0. The van der Waals surface area contributed by atoms with Gasteiger partial charge in [-0.2, -0.15) is 0 Å². The fraction of sp³-hybridized carbons (Fsp3) is 0.250. The summed E-state index contributed by atoms with van der Waals surface area (Å²) in [6.45, 7) is 2.96. The zero-order valence-corrected chi connectivity index (χ0v) is 17.2. The first-order valence-corrected chi connectivity index (χ1v) is 9.92. The molecule has 0 saturated carbocycles. The lowest BCUT2D eigenvalue weighted by Crippen LogP contribution is -2.48. The molecule has 6 heteroatoms. The molecule has 1 N–H and O–H groups in total. The van der Waals surface area contributed by atoms with E-state index < -0.39 is 11.9 Å². The van der Waals surface area contributed by atoms with Crippen molar-refractivity contribution >= 4 is 11.8 Å². The fourth-order valence-corrected chi connectivity index (χ4v) is 3.16. The molecule has 0 fully saturated rings. The first kappa shape index (κ1) is 21.2. The van der Waals surface area contributed by atoms with Crippen LogP contribution in [0.5, 0.6) is 5.75 Å². The monoisotopic (exact) mass is 406 g/mol. The summed E-state index contributed by atoms with van der Waals surface area (Å²) in [7, 11) is 1.73. The van der Waals surface area contributed by atoms with Gasteiger partial charge in [-0.3, -0.25) is 9.59 Å². The number of nitrogens with zero attached hydrogens (tertiary/aromatic N) is 1. The summed E-state index contributed by atoms with van der Waals surface area (Å²) >= 11 is 0. The van der Waals surface area contributed by atoms with Gasteiger partial charge in [0.2, 0.25) is 5.91 Å². The highest BCUT2D eigenvalue weighted by Crippen LogP contribution is 2.14. The van der Waals surface area contributed by atoms with E-state index >= 15 is 0 Å². The average Bonchev–Trinajstić information content (AvgIpc) is 3.30. The van der Waals surface area contributed by atoms with E-state index in [0.717, 1.165) is 16.9 Å². The van der Waals surface area contributed by atoms with E-state index in [2.05, 4.69) is 5.32 Å². The van der Waals surface area contributed by atoms with Crippen LogP contribution < -0.4 is 10.1 Å². The maximum absolute atomic E-state index is 13.2. The molecule has 6 nitrogen and oxygen atoms in total. The maximum atomic E-state index is 13.2. The van der Waals surface area contributed by atoms with Crippen LogP contribution in [0.2, 0.25) is 0 Å². The highest BCUT2D eigenvalue weighted by atomic mass is 16.5. The van der Waals surface area contributed by atoms with Gasteiger partial charge in [0, 0.05) is 20.0 Å². The van der Waals surface area contributed by atoms with Crippen LogP contribution >= 0.6 is 0 Å². The molecule has 1 heterocycles. The number of amides is 2. The molecule has 1 unspecified atom stereocenters. The van der Waals surface area contributed by atoms with Crippen LogP contribution in [0.25, 0.3) is 0 Å². The van der Waals surface area contributed by atoms with Gasteiger partial charge in [-0.15, -0.1) is 0 Å². The van der Waals surface area contributed by atoms with E-state index in [1.54, 1.807) is 24.1 Å². The molecule has 3 aromatic rings. The van der Waals surface area contributed by atoms with Gasteiger partial charge < -0.3 is 19.4 Å². The predicted octanol–water partition coefficient (Wildman–Crippen LogP) is 3.68. The summed E-state index contributed by atoms with van der Waals surface area (Å²) in [5.74, 6) is 0.384. The van der Waals surface area contributed by atoms with Crippen molar-refractivity contribution in [2.24, 2.45) is 0 Å². The Labute approximate surface area is 176 Å². The quantitative estimate of drug-likeness (QED) is 0.588. The molecule has 0 spiro atoms. The van der Waals surface area contributed by atoms with E-state index in [1.165, 1.54) is 6.26 Å². The van der Waals surface area contributed by atoms with Crippen molar-refractivity contribution < 1.29 is 18.7 Å². The number of nitrogens with one attached hydrogen (secondary N) is 1. The Morgan fingerprint density at radius 2 is 1.73 bits per heavy atom. The van der Waals surface area contributed by atoms with Crippen LogP contribution in [0.3, 0.4) is 0 Å². The normalized spacial score (nSPS) is 11.5. The topological polar surface area (TPSA) is 71.8 Å². The minimum absolute atomic E-state index is 0.173. The van der Waals surface area contributed by atoms with E-state index in [1.807, 2.05) is 61.5 Å². The molecule has 0 aliphatic heterocycles. The standard InChI is InChI=1S/C24H26N2O4/c1-3-29-20-13-11-19(12-14-20)17-26(2)24(28)21(16-18-8-5-4-6-9-18)25-23(27)22-10-7-15-30-22/h4-15,21H,3,16-17H2,1-2H3,(H,25,27). The Hall–Kier alpha value is -3.54. The first-order chi connectivity index (χ1) is 14.6. The van der Waals surface area contributed by atoms with Crippen LogP contribution in [0.4, 0.5) is 0 Å². The zero-order chi connectivity index (χ0) is 21.3. The smallest absolute Gasteiger partial charge is 0.287 e. The van der Waals surface area contributed by atoms with E-state index in [9.17, 15) is 9.59 Å². The zero-order valence-electron chi connectivity index (χ0n) is 17.2. The van der Waals surface area contributed by atoms with Gasteiger partial charge >= 0.3 is 0 Å². The van der Waals surface area contributed by atoms with Crippen molar-refractivity contribution in [3.05, 3.63) is 89.9 Å². The number of carbonyl (C=O) groups excluding carboxylic acids is 2. The predicted molar refractivity (Wildman–Crippen MR) is 114 cm³/mol. The largest absolute Gasteiger partial charge is 0.494 e. The van der Waals surface area contributed by atoms with Crippen molar-refractivity contribution in [2.75, 3.05) is 13.7 Å². The summed E-state index contributed by atoms with van der Waals surface area (Å²) in [5.41, 5.74) is 1.94. The molecule has 2 aromatic carbocycles. The van der Waals surface area contributed by atoms with Crippen molar-refractivity contribution in [3.8, 4) is 5.75 Å². The second-order valence-electron chi connectivity index (χ2n) is 6.96. The molecular weight excluding hydrogens is 380 g/mol. The second-order valence-corrected chi connectivity index (χ2v) is 6.96. The van der Waals surface area contributed by atoms with Gasteiger partial charge in [0.1, 0.15) is 11.8 Å². The molecule has 0 aliphatic carbocycles. The minimum atomic E-state index is -0.710. The lowest BCUT2D eigenvalue weighted by molar-refractivity contribution is -0.132. The summed E-state index contributed by atoms with van der Waals surface area (Å²) < 4.78 is 10.6. The fourth-order valence-electron chi connectivity index (χ4n) is 3.16. The summed E-state index contributed by atoms with van der Waals surface area (Å²) in [6.07, 6.45) is 1.82. The Balaban J connectivity index is 1.71. The Morgan fingerprint density at radius 3 is 2.37 bits per heavy atom. The average molecular weight is 406 g/mol. The highest BCUT2D eigenvalue weighted by Gasteiger charge is 2.25. The SMILES string of the molecule is CCOc1ccc(CN(C)C(=O)C(Cc2ccccc2)NC(=O)c2ccco2)cc1. The minimum Gasteiger partial charge on any atom is -0.494 e. The Kier molecular flexibility index (Phi) is 7.27. The third kappa shape index (κ3) is 5.73. The molecule has 30 heavy (non-hydrogen) atoms. The van der Waals surface area contributed by atoms with Crippen molar-refractivity contribution in [1.29, 1.82) is 0 Å². The molecule has 156 valence electrons. The van der Waals surface area contributed by atoms with Gasteiger partial charge in [0.05, 0.1) is 12.9 Å². The number of hydrogen-bond donors (Lipinski definition) is 1. The van der Waals surface area contributed by atoms with Crippen molar-refractivity contribution in [2.45, 2.75) is 25.9 Å². The van der Waals surface area contributed by atoms with Gasteiger partial charge in [-0.1, -0.05) is 42.5 Å². The van der Waals surface area contributed by atoms with E-state index in [0.29, 0.717) is 19.6 Å². The number of carbonyl (C=O) groups is 2. The van der Waals surface area contributed by atoms with Gasteiger partial charge in [0.15, 0.2) is 5.76 Å². The third-order valence-corrected chi connectivity index (χ3v) is 4.66. The number of ether oxygens (including phenoxy) is 1. The summed E-state index contributed by atoms with van der Waals surface area (Å²) in [4.78, 5) is 27.3. The number of hydrogen-bond acceptors (Lipinski definition) is 4. The van der Waals surface area contributed by atoms with Gasteiger partial charge in [0.25, 0.3) is 5.91 Å². The van der Waals surface area contributed by atoms with Gasteiger partial charge in [-0.25, -0.2) is 0 Å². The number of furan rings is 1. The molecule has 2 amide bonds. The highest BCUT2D eigenvalue weighted by molar-refractivity contribution is 5.95. The number of benzene rings is 2. The van der Waals surface area contributed by atoms with E-state index in [-0.39, 0.29) is 11.7 Å². The molecule has 3 rings (SSSR count). The molecule has 1 atom stereocenters. The number of rotatable bonds is 9. The Bertz CT molecular complexity index is 937. The molecule has 0 bridgehead atoms. The van der Waals surface area contributed by atoms with Crippen LogP contribution in [-0.4, -0.2) is 36.4 Å². The summed E-state index contributed by atoms with van der Waals surface area (Å²) in [6, 6.07) is 19.8. The molecule has 1 aromatic heterocycles. The van der Waals surface area contributed by atoms with Crippen LogP contribution in [0.15, 0.2) is 77.4 Å². The molecule has 0 saturated heterocycles. The molecule has 0 aliphatic rings. The first-order valence-electron chi connectivity index (χ1n) is 9.92.